The molecule has 12 heteroatoms. The number of allylic oxidation sites excluding steroid dienone is 1. The summed E-state index contributed by atoms with van der Waals surface area (Å²) in [6.07, 6.45) is 14.9. The Labute approximate surface area is 319 Å². The Balaban J connectivity index is 1.11. The van der Waals surface area contributed by atoms with Crippen molar-refractivity contribution in [1.82, 2.24) is 15.3 Å². The zero-order chi connectivity index (χ0) is 37.5. The first-order chi connectivity index (χ1) is 26.3. The second-order valence-corrected chi connectivity index (χ2v) is 16.8. The quantitative estimate of drug-likeness (QED) is 0.138. The van der Waals surface area contributed by atoms with Crippen LogP contribution in [-0.4, -0.2) is 107 Å². The van der Waals surface area contributed by atoms with E-state index in [1.165, 1.54) is 0 Å². The van der Waals surface area contributed by atoms with E-state index in [0.29, 0.717) is 50.4 Å². The molecular weight excluding hydrogens is 690 g/mol. The first-order valence-electron chi connectivity index (χ1n) is 20.9. The molecule has 5 saturated heterocycles. The van der Waals surface area contributed by atoms with Gasteiger partial charge in [0.1, 0.15) is 35.9 Å². The molecule has 10 atom stereocenters. The van der Waals surface area contributed by atoms with E-state index in [9.17, 15) is 14.7 Å². The number of carbonyl (C=O) groups excluding carboxylic acids is 3. The highest BCUT2D eigenvalue weighted by Crippen LogP contribution is 2.59. The lowest BCUT2D eigenvalue weighted by Gasteiger charge is -2.50. The second kappa shape index (κ2) is 15.9. The highest BCUT2D eigenvalue weighted by atomic mass is 16.8. The van der Waals surface area contributed by atoms with Gasteiger partial charge >= 0.3 is 5.97 Å². The van der Waals surface area contributed by atoms with Crippen molar-refractivity contribution in [2.45, 2.75) is 165 Å². The topological polar surface area (TPSA) is 139 Å². The summed E-state index contributed by atoms with van der Waals surface area (Å²) < 4.78 is 26.0. The molecule has 8 rings (SSSR count). The van der Waals surface area contributed by atoms with Gasteiger partial charge in [-0.15, -0.1) is 0 Å². The predicted molar refractivity (Wildman–Crippen MR) is 198 cm³/mol. The summed E-state index contributed by atoms with van der Waals surface area (Å²) in [6, 6.07) is 6.49. The number of carbonyl (C=O) groups is 3. The van der Waals surface area contributed by atoms with E-state index in [4.69, 9.17) is 23.8 Å². The van der Waals surface area contributed by atoms with Crippen molar-refractivity contribution < 1.29 is 43.3 Å². The Kier molecular flexibility index (Phi) is 11.2. The number of aliphatic hydroxyl groups is 1. The third-order valence-electron chi connectivity index (χ3n) is 13.1. The summed E-state index contributed by atoms with van der Waals surface area (Å²) in [5, 5.41) is 13.8. The minimum Gasteiger partial charge on any atom is -0.458 e. The molecule has 2 amide bonds. The Hall–Kier alpha value is -2.87. The molecule has 1 aromatic carbocycles. The van der Waals surface area contributed by atoms with Crippen LogP contribution in [0.25, 0.3) is 6.08 Å². The SMILES string of the molecule is CCCCCC1(CCCCC)OC2C3CC4(C(=O)N5CCCC5C(=O)NCCO)C(ON(Cc5cccc(C=CC6CCC7OC7C6)c5)C4C(=O)O3)C2O1. The van der Waals surface area contributed by atoms with E-state index < -0.39 is 53.7 Å². The molecule has 2 aliphatic carbocycles. The largest absolute Gasteiger partial charge is 0.458 e. The second-order valence-electron chi connectivity index (χ2n) is 16.8. The predicted octanol–water partition coefficient (Wildman–Crippen LogP) is 4.81. The molecule has 10 unspecified atom stereocenters. The fourth-order valence-electron chi connectivity index (χ4n) is 10.4. The van der Waals surface area contributed by atoms with E-state index >= 15 is 4.79 Å². The number of esters is 1. The molecular formula is C42H59N3O9. The van der Waals surface area contributed by atoms with Crippen LogP contribution < -0.4 is 5.32 Å². The molecule has 296 valence electrons. The Morgan fingerprint density at radius 2 is 1.80 bits per heavy atom. The number of aliphatic hydroxyl groups excluding tert-OH is 1. The summed E-state index contributed by atoms with van der Waals surface area (Å²) >= 11 is 0. The lowest BCUT2D eigenvalue weighted by atomic mass is 9.62. The van der Waals surface area contributed by atoms with Crippen molar-refractivity contribution in [2.24, 2.45) is 11.3 Å². The number of nitrogens with one attached hydrogen (secondary N) is 1. The number of hydroxylamine groups is 2. The van der Waals surface area contributed by atoms with Crippen LogP contribution in [0.4, 0.5) is 0 Å². The van der Waals surface area contributed by atoms with Gasteiger partial charge in [-0.05, 0) is 62.0 Å². The van der Waals surface area contributed by atoms with Gasteiger partial charge < -0.3 is 34.3 Å². The van der Waals surface area contributed by atoms with Crippen molar-refractivity contribution in [3.8, 4) is 0 Å². The highest BCUT2D eigenvalue weighted by Gasteiger charge is 2.77. The van der Waals surface area contributed by atoms with Crippen LogP contribution in [0.3, 0.4) is 0 Å². The third kappa shape index (κ3) is 7.15. The Morgan fingerprint density at radius 1 is 1.00 bits per heavy atom. The summed E-state index contributed by atoms with van der Waals surface area (Å²) in [5.41, 5.74) is 0.665. The molecule has 2 bridgehead atoms. The first kappa shape index (κ1) is 38.0. The van der Waals surface area contributed by atoms with Crippen LogP contribution >= 0.6 is 0 Å². The van der Waals surface area contributed by atoms with Gasteiger partial charge in [-0.25, -0.2) is 0 Å². The fourth-order valence-corrected chi connectivity index (χ4v) is 10.4. The average molecular weight is 750 g/mol. The number of rotatable bonds is 16. The van der Waals surface area contributed by atoms with Gasteiger partial charge in [-0.1, -0.05) is 75.9 Å². The van der Waals surface area contributed by atoms with Crippen LogP contribution in [0.1, 0.15) is 115 Å². The average Bonchev–Trinajstić information content (AvgIpc) is 3.44. The molecule has 0 radical (unpaired) electrons. The van der Waals surface area contributed by atoms with E-state index in [1.54, 1.807) is 9.96 Å². The minimum absolute atomic E-state index is 0.108. The number of benzene rings is 1. The van der Waals surface area contributed by atoms with E-state index in [1.807, 2.05) is 12.1 Å². The number of hydrogen-bond acceptors (Lipinski definition) is 10. The van der Waals surface area contributed by atoms with Crippen molar-refractivity contribution in [3.05, 3.63) is 41.5 Å². The molecule has 7 fully saturated rings. The van der Waals surface area contributed by atoms with Gasteiger partial charge in [-0.2, -0.15) is 5.06 Å². The number of fused-ring (bicyclic) bond motifs is 5. The van der Waals surface area contributed by atoms with Crippen LogP contribution in [0.15, 0.2) is 30.3 Å². The van der Waals surface area contributed by atoms with Gasteiger partial charge in [0.05, 0.1) is 25.4 Å². The third-order valence-corrected chi connectivity index (χ3v) is 13.1. The maximum atomic E-state index is 15.3. The van der Waals surface area contributed by atoms with Crippen LogP contribution in [-0.2, 0) is 44.7 Å². The lowest BCUT2D eigenvalue weighted by molar-refractivity contribution is -0.225. The molecule has 54 heavy (non-hydrogen) atoms. The number of amides is 2. The van der Waals surface area contributed by atoms with E-state index in [-0.39, 0.29) is 37.9 Å². The lowest BCUT2D eigenvalue weighted by Crippen LogP contribution is -2.70. The van der Waals surface area contributed by atoms with Gasteiger partial charge in [0.2, 0.25) is 11.8 Å². The van der Waals surface area contributed by atoms with Gasteiger partial charge in [-0.3, -0.25) is 19.2 Å². The van der Waals surface area contributed by atoms with Gasteiger partial charge in [0, 0.05) is 32.4 Å². The Morgan fingerprint density at radius 3 is 2.56 bits per heavy atom. The molecule has 0 spiro atoms. The standard InChI is InChI=1S/C42H59N3O9/c1-3-5-7-18-41(19-8-6-4-2)52-34-33-25-42(40(49)44-21-10-13-30(44)38(47)43-20-22-46)36(39(48)51-33)45(54-37(42)35(34)53-41)26-29-12-9-11-27(23-29)14-15-28-16-17-31-32(24-28)50-31/h9,11-12,14-15,23,28,30-37,46H,3-8,10,13,16-22,24-26H2,1-2H3,(H,43,47). The van der Waals surface area contributed by atoms with Gasteiger partial charge in [0.15, 0.2) is 11.8 Å². The number of nitrogens with zero attached hydrogens (tertiary/aromatic N) is 2. The van der Waals surface area contributed by atoms with Crippen molar-refractivity contribution in [2.75, 3.05) is 19.7 Å². The van der Waals surface area contributed by atoms with Crippen LogP contribution in [0.5, 0.6) is 0 Å². The molecule has 7 aliphatic rings. The maximum absolute atomic E-state index is 15.3. The molecule has 12 nitrogen and oxygen atoms in total. The molecule has 5 heterocycles. The number of hydrogen-bond donors (Lipinski definition) is 2. The summed E-state index contributed by atoms with van der Waals surface area (Å²) in [6.45, 7) is 4.92. The molecule has 2 N–H and O–H groups in total. The summed E-state index contributed by atoms with van der Waals surface area (Å²) in [7, 11) is 0. The Bertz CT molecular complexity index is 1560. The zero-order valence-electron chi connectivity index (χ0n) is 32.0. The zero-order valence-corrected chi connectivity index (χ0v) is 32.0. The fraction of sp³-hybridized carbons (Fsp3) is 0.738. The normalized spacial score (nSPS) is 36.2. The molecule has 0 aromatic heterocycles. The van der Waals surface area contributed by atoms with Crippen LogP contribution in [0.2, 0.25) is 0 Å². The summed E-state index contributed by atoms with van der Waals surface area (Å²) in [4.78, 5) is 51.5. The van der Waals surface area contributed by atoms with Crippen molar-refractivity contribution in [3.63, 3.8) is 0 Å². The molecule has 2 saturated carbocycles. The smallest absolute Gasteiger partial charge is 0.327 e. The number of unbranched alkanes of at least 4 members (excludes halogenated alkanes) is 4. The summed E-state index contributed by atoms with van der Waals surface area (Å²) in [5.74, 6) is -1.43. The van der Waals surface area contributed by atoms with Crippen molar-refractivity contribution >= 4 is 23.9 Å². The molecule has 1 aromatic rings. The van der Waals surface area contributed by atoms with Crippen molar-refractivity contribution in [1.29, 1.82) is 0 Å². The van der Waals surface area contributed by atoms with E-state index in [0.717, 1.165) is 68.9 Å². The van der Waals surface area contributed by atoms with Gasteiger partial charge in [0.25, 0.3) is 0 Å². The number of likely N-dealkylation sites (tertiary alicyclic amines) is 1. The van der Waals surface area contributed by atoms with Crippen LogP contribution in [0, 0.1) is 11.3 Å². The molecule has 5 aliphatic heterocycles. The first-order valence-corrected chi connectivity index (χ1v) is 20.9. The number of ether oxygens (including phenoxy) is 4. The highest BCUT2D eigenvalue weighted by molar-refractivity contribution is 5.96. The number of epoxide rings is 1. The monoisotopic (exact) mass is 749 g/mol. The minimum atomic E-state index is -1.34. The maximum Gasteiger partial charge on any atom is 0.327 e. The van der Waals surface area contributed by atoms with E-state index in [2.05, 4.69) is 43.4 Å².